The van der Waals surface area contributed by atoms with E-state index >= 15 is 0 Å². The van der Waals surface area contributed by atoms with Crippen molar-refractivity contribution in [2.45, 2.75) is 33.2 Å². The van der Waals surface area contributed by atoms with Gasteiger partial charge in [-0.2, -0.15) is 12.6 Å². The monoisotopic (exact) mass is 233 g/mol. The van der Waals surface area contributed by atoms with Gasteiger partial charge in [0.25, 0.3) is 0 Å². The first-order valence-electron chi connectivity index (χ1n) is 4.78. The Labute approximate surface area is 96.2 Å². The Bertz CT molecular complexity index is 235. The molecule has 4 nitrogen and oxygen atoms in total. The molecule has 15 heavy (non-hydrogen) atoms. The Balaban J connectivity index is 4.20. The van der Waals surface area contributed by atoms with Crippen molar-refractivity contribution >= 4 is 24.5 Å². The second kappa shape index (κ2) is 6.00. The summed E-state index contributed by atoms with van der Waals surface area (Å²) in [4.78, 5) is 22.7. The van der Waals surface area contributed by atoms with E-state index < -0.39 is 12.0 Å². The highest BCUT2D eigenvalue weighted by Gasteiger charge is 2.22. The first-order chi connectivity index (χ1) is 6.80. The van der Waals surface area contributed by atoms with Gasteiger partial charge in [0.1, 0.15) is 6.04 Å². The second-order valence-electron chi connectivity index (χ2n) is 4.56. The van der Waals surface area contributed by atoms with Gasteiger partial charge in [-0.05, 0) is 5.41 Å². The van der Waals surface area contributed by atoms with Gasteiger partial charge in [0, 0.05) is 12.2 Å². The van der Waals surface area contributed by atoms with E-state index in [-0.39, 0.29) is 17.1 Å². The van der Waals surface area contributed by atoms with Crippen LogP contribution in [0.5, 0.6) is 0 Å². The van der Waals surface area contributed by atoms with Crippen molar-refractivity contribution in [2.24, 2.45) is 5.41 Å². The van der Waals surface area contributed by atoms with Crippen LogP contribution in [0.3, 0.4) is 0 Å². The number of carbonyl (C=O) groups excluding carboxylic acids is 2. The first-order valence-corrected chi connectivity index (χ1v) is 5.41. The maximum atomic E-state index is 11.5. The highest BCUT2D eigenvalue weighted by molar-refractivity contribution is 7.80. The lowest BCUT2D eigenvalue weighted by atomic mass is 9.92. The van der Waals surface area contributed by atoms with Crippen LogP contribution in [0.15, 0.2) is 0 Å². The average molecular weight is 233 g/mol. The minimum absolute atomic E-state index is 0.0959. The fraction of sp³-hybridized carbons (Fsp3) is 0.800. The van der Waals surface area contributed by atoms with Crippen molar-refractivity contribution in [3.63, 3.8) is 0 Å². The molecule has 0 spiro atoms. The highest BCUT2D eigenvalue weighted by Crippen LogP contribution is 2.17. The van der Waals surface area contributed by atoms with Crippen LogP contribution in [-0.4, -0.2) is 30.8 Å². The normalized spacial score (nSPS) is 13.1. The van der Waals surface area contributed by atoms with E-state index in [1.165, 1.54) is 7.11 Å². The summed E-state index contributed by atoms with van der Waals surface area (Å²) in [5.74, 6) is -0.387. The van der Waals surface area contributed by atoms with Gasteiger partial charge in [0.2, 0.25) is 5.91 Å². The van der Waals surface area contributed by atoms with Gasteiger partial charge in [-0.1, -0.05) is 20.8 Å². The Morgan fingerprint density at radius 1 is 1.40 bits per heavy atom. The second-order valence-corrected chi connectivity index (χ2v) is 4.93. The molecule has 5 heteroatoms. The molecule has 88 valence electrons. The lowest BCUT2D eigenvalue weighted by Crippen LogP contribution is -2.43. The van der Waals surface area contributed by atoms with E-state index in [4.69, 9.17) is 0 Å². The van der Waals surface area contributed by atoms with Crippen LogP contribution in [0.4, 0.5) is 0 Å². The van der Waals surface area contributed by atoms with Crippen LogP contribution in [0.1, 0.15) is 27.2 Å². The molecule has 0 aromatic rings. The molecule has 0 saturated heterocycles. The molecular formula is C10H19NO3S. The average Bonchev–Trinajstić information content (AvgIpc) is 2.10. The predicted octanol–water partition coefficient (Wildman–Crippen LogP) is 1.01. The van der Waals surface area contributed by atoms with E-state index in [2.05, 4.69) is 22.7 Å². The lowest BCUT2D eigenvalue weighted by molar-refractivity contribution is -0.144. The maximum Gasteiger partial charge on any atom is 0.329 e. The molecule has 0 aliphatic rings. The minimum atomic E-state index is -0.659. The molecule has 0 fully saturated rings. The van der Waals surface area contributed by atoms with Crippen LogP contribution in [0, 0.1) is 5.41 Å². The summed E-state index contributed by atoms with van der Waals surface area (Å²) in [5, 5.41) is 2.58. The quantitative estimate of drug-likeness (QED) is 0.563. The van der Waals surface area contributed by atoms with Gasteiger partial charge >= 0.3 is 5.97 Å². The third-order valence-electron chi connectivity index (χ3n) is 1.69. The van der Waals surface area contributed by atoms with E-state index in [1.807, 2.05) is 20.8 Å². The van der Waals surface area contributed by atoms with Crippen molar-refractivity contribution in [3.8, 4) is 0 Å². The van der Waals surface area contributed by atoms with Crippen LogP contribution < -0.4 is 5.32 Å². The topological polar surface area (TPSA) is 55.4 Å². The molecule has 1 N–H and O–H groups in total. The number of amides is 1. The number of carbonyl (C=O) groups is 2. The Kier molecular flexibility index (Phi) is 5.72. The zero-order valence-electron chi connectivity index (χ0n) is 9.66. The van der Waals surface area contributed by atoms with Crippen molar-refractivity contribution in [3.05, 3.63) is 0 Å². The van der Waals surface area contributed by atoms with Gasteiger partial charge in [-0.3, -0.25) is 4.79 Å². The molecule has 0 radical (unpaired) electrons. The SMILES string of the molecule is COC(=O)[C@H](CS)NC(=O)CC(C)(C)C. The van der Waals surface area contributed by atoms with Gasteiger partial charge in [0.05, 0.1) is 7.11 Å². The van der Waals surface area contributed by atoms with Crippen molar-refractivity contribution in [1.29, 1.82) is 0 Å². The fourth-order valence-corrected chi connectivity index (χ4v) is 1.29. The van der Waals surface area contributed by atoms with E-state index in [0.29, 0.717) is 6.42 Å². The zero-order chi connectivity index (χ0) is 12.1. The molecule has 1 amide bonds. The molecule has 0 aromatic carbocycles. The largest absolute Gasteiger partial charge is 0.467 e. The smallest absolute Gasteiger partial charge is 0.329 e. The lowest BCUT2D eigenvalue weighted by Gasteiger charge is -2.20. The standard InChI is InChI=1S/C10H19NO3S/c1-10(2,3)5-8(12)11-7(6-15)9(13)14-4/h7,15H,5-6H2,1-4H3,(H,11,12)/t7-/m0/s1. The Morgan fingerprint density at radius 3 is 2.27 bits per heavy atom. The zero-order valence-corrected chi connectivity index (χ0v) is 10.6. The summed E-state index contributed by atoms with van der Waals surface area (Å²) in [6.45, 7) is 5.88. The molecule has 0 heterocycles. The van der Waals surface area contributed by atoms with Crippen molar-refractivity contribution < 1.29 is 14.3 Å². The molecule has 0 aliphatic carbocycles. The summed E-state index contributed by atoms with van der Waals surface area (Å²) in [6, 6.07) is -0.659. The highest BCUT2D eigenvalue weighted by atomic mass is 32.1. The number of hydrogen-bond donors (Lipinski definition) is 2. The fourth-order valence-electron chi connectivity index (χ4n) is 1.05. The number of methoxy groups -OCH3 is 1. The predicted molar refractivity (Wildman–Crippen MR) is 61.9 cm³/mol. The summed E-state index contributed by atoms with van der Waals surface area (Å²) in [5.41, 5.74) is -0.0959. The van der Waals surface area contributed by atoms with Crippen LogP contribution in [-0.2, 0) is 14.3 Å². The van der Waals surface area contributed by atoms with Crippen LogP contribution >= 0.6 is 12.6 Å². The molecule has 0 aliphatic heterocycles. The molecule has 0 rings (SSSR count). The van der Waals surface area contributed by atoms with E-state index in [1.54, 1.807) is 0 Å². The molecule has 0 saturated carbocycles. The maximum absolute atomic E-state index is 11.5. The molecular weight excluding hydrogens is 214 g/mol. The third-order valence-corrected chi connectivity index (χ3v) is 2.06. The number of ether oxygens (including phenoxy) is 1. The number of hydrogen-bond acceptors (Lipinski definition) is 4. The number of rotatable bonds is 4. The Morgan fingerprint density at radius 2 is 1.93 bits per heavy atom. The summed E-state index contributed by atoms with van der Waals surface area (Å²) in [6.07, 6.45) is 0.369. The van der Waals surface area contributed by atoms with Crippen molar-refractivity contribution in [1.82, 2.24) is 5.32 Å². The number of esters is 1. The summed E-state index contributed by atoms with van der Waals surface area (Å²) < 4.78 is 4.53. The summed E-state index contributed by atoms with van der Waals surface area (Å²) >= 11 is 3.98. The van der Waals surface area contributed by atoms with Crippen molar-refractivity contribution in [2.75, 3.05) is 12.9 Å². The minimum Gasteiger partial charge on any atom is -0.467 e. The first kappa shape index (κ1) is 14.3. The van der Waals surface area contributed by atoms with E-state index in [0.717, 1.165) is 0 Å². The van der Waals surface area contributed by atoms with E-state index in [9.17, 15) is 9.59 Å². The Hall–Kier alpha value is -0.710. The molecule has 0 bridgehead atoms. The van der Waals surface area contributed by atoms with Gasteiger partial charge in [0.15, 0.2) is 0 Å². The molecule has 0 unspecified atom stereocenters. The van der Waals surface area contributed by atoms with Gasteiger partial charge in [-0.25, -0.2) is 4.79 Å². The van der Waals surface area contributed by atoms with Crippen LogP contribution in [0.2, 0.25) is 0 Å². The third kappa shape index (κ3) is 6.38. The molecule has 0 aromatic heterocycles. The molecule has 1 atom stereocenters. The van der Waals surface area contributed by atoms with Gasteiger partial charge < -0.3 is 10.1 Å². The number of nitrogens with one attached hydrogen (secondary N) is 1. The van der Waals surface area contributed by atoms with Crippen LogP contribution in [0.25, 0.3) is 0 Å². The number of thiol groups is 1. The summed E-state index contributed by atoms with van der Waals surface area (Å²) in [7, 11) is 1.29. The van der Waals surface area contributed by atoms with Gasteiger partial charge in [-0.15, -0.1) is 0 Å².